The second-order valence-corrected chi connectivity index (χ2v) is 5.39. The second kappa shape index (κ2) is 6.21. The Bertz CT molecular complexity index is 357. The highest BCUT2D eigenvalue weighted by atomic mass is 16.3. The fourth-order valence-electron chi connectivity index (χ4n) is 2.66. The zero-order chi connectivity index (χ0) is 13.0. The molecule has 0 aliphatic carbocycles. The van der Waals surface area contributed by atoms with Crippen molar-refractivity contribution in [3.63, 3.8) is 0 Å². The molecule has 0 radical (unpaired) electrons. The number of phenolic OH excluding ortho intramolecular Hbond substituents is 1. The van der Waals surface area contributed by atoms with Gasteiger partial charge >= 0.3 is 0 Å². The van der Waals surface area contributed by atoms with Crippen molar-refractivity contribution < 1.29 is 5.11 Å². The van der Waals surface area contributed by atoms with Gasteiger partial charge in [-0.3, -0.25) is 4.90 Å². The molecule has 1 aromatic carbocycles. The number of hydrogen-bond acceptors (Lipinski definition) is 3. The fourth-order valence-corrected chi connectivity index (χ4v) is 2.66. The number of aromatic hydroxyl groups is 1. The first-order valence-corrected chi connectivity index (χ1v) is 6.87. The largest absolute Gasteiger partial charge is 0.508 e. The van der Waals surface area contributed by atoms with Crippen LogP contribution in [0, 0.1) is 0 Å². The van der Waals surface area contributed by atoms with Crippen LogP contribution in [0.15, 0.2) is 24.3 Å². The van der Waals surface area contributed by atoms with Crippen LogP contribution >= 0.6 is 0 Å². The third kappa shape index (κ3) is 3.47. The van der Waals surface area contributed by atoms with Crippen LogP contribution in [0.3, 0.4) is 0 Å². The molecule has 18 heavy (non-hydrogen) atoms. The van der Waals surface area contributed by atoms with E-state index in [2.05, 4.69) is 24.2 Å². The Morgan fingerprint density at radius 2 is 2.11 bits per heavy atom. The topological polar surface area (TPSA) is 35.5 Å². The lowest BCUT2D eigenvalue weighted by Gasteiger charge is -2.36. The summed E-state index contributed by atoms with van der Waals surface area (Å²) in [5.74, 6) is 0.344. The highest BCUT2D eigenvalue weighted by molar-refractivity contribution is 5.26. The monoisotopic (exact) mass is 248 g/mol. The maximum absolute atomic E-state index is 9.29. The van der Waals surface area contributed by atoms with Gasteiger partial charge in [-0.05, 0) is 57.5 Å². The van der Waals surface area contributed by atoms with Crippen molar-refractivity contribution in [3.05, 3.63) is 29.8 Å². The summed E-state index contributed by atoms with van der Waals surface area (Å²) in [6.07, 6.45) is 3.61. The maximum atomic E-state index is 9.29. The van der Waals surface area contributed by atoms with Gasteiger partial charge in [-0.2, -0.15) is 0 Å². The first kappa shape index (κ1) is 13.4. The molecule has 3 heteroatoms. The van der Waals surface area contributed by atoms with Gasteiger partial charge in [0, 0.05) is 18.6 Å². The molecule has 1 fully saturated rings. The van der Waals surface area contributed by atoms with E-state index >= 15 is 0 Å². The molecule has 1 aliphatic rings. The van der Waals surface area contributed by atoms with Crippen LogP contribution in [-0.2, 0) is 6.42 Å². The van der Waals surface area contributed by atoms with Crippen LogP contribution in [0.4, 0.5) is 0 Å². The third-order valence-corrected chi connectivity index (χ3v) is 4.01. The summed E-state index contributed by atoms with van der Waals surface area (Å²) in [4.78, 5) is 2.49. The number of nitrogens with one attached hydrogen (secondary N) is 1. The van der Waals surface area contributed by atoms with E-state index in [0.717, 1.165) is 19.5 Å². The van der Waals surface area contributed by atoms with E-state index in [-0.39, 0.29) is 0 Å². The number of hydrogen-bond donors (Lipinski definition) is 2. The standard InChI is InChI=1S/C15H24N2O/c1-12(10-13-5-7-15(18)8-6-13)17(2)14-4-3-9-16-11-14/h5-8,12,14,16,18H,3-4,9-11H2,1-2H3. The van der Waals surface area contributed by atoms with Crippen LogP contribution in [-0.4, -0.2) is 42.2 Å². The molecular formula is C15H24N2O. The Morgan fingerprint density at radius 3 is 2.72 bits per heavy atom. The van der Waals surface area contributed by atoms with E-state index in [1.807, 2.05) is 12.1 Å². The smallest absolute Gasteiger partial charge is 0.115 e. The van der Waals surface area contributed by atoms with Crippen LogP contribution in [0.25, 0.3) is 0 Å². The Labute approximate surface area is 110 Å². The van der Waals surface area contributed by atoms with E-state index in [1.54, 1.807) is 12.1 Å². The Balaban J connectivity index is 1.89. The second-order valence-electron chi connectivity index (χ2n) is 5.39. The van der Waals surface area contributed by atoms with Gasteiger partial charge in [0.15, 0.2) is 0 Å². The molecule has 2 rings (SSSR count). The molecule has 100 valence electrons. The number of benzene rings is 1. The van der Waals surface area contributed by atoms with Crippen molar-refractivity contribution in [3.8, 4) is 5.75 Å². The molecule has 1 aliphatic heterocycles. The molecule has 2 unspecified atom stereocenters. The molecule has 0 spiro atoms. The summed E-state index contributed by atoms with van der Waals surface area (Å²) >= 11 is 0. The minimum Gasteiger partial charge on any atom is -0.508 e. The zero-order valence-corrected chi connectivity index (χ0v) is 11.4. The van der Waals surface area contributed by atoms with Crippen LogP contribution in [0.1, 0.15) is 25.3 Å². The van der Waals surface area contributed by atoms with Crippen molar-refractivity contribution in [1.82, 2.24) is 10.2 Å². The molecule has 0 saturated carbocycles. The highest BCUT2D eigenvalue weighted by Crippen LogP contribution is 2.16. The molecule has 0 amide bonds. The summed E-state index contributed by atoms with van der Waals surface area (Å²) < 4.78 is 0. The average molecular weight is 248 g/mol. The Kier molecular flexibility index (Phi) is 4.61. The van der Waals surface area contributed by atoms with Crippen molar-refractivity contribution in [2.75, 3.05) is 20.1 Å². The summed E-state index contributed by atoms with van der Waals surface area (Å²) in [6, 6.07) is 8.75. The van der Waals surface area contributed by atoms with Gasteiger partial charge in [-0.25, -0.2) is 0 Å². The first-order chi connectivity index (χ1) is 8.66. The Morgan fingerprint density at radius 1 is 1.39 bits per heavy atom. The average Bonchev–Trinajstić information content (AvgIpc) is 2.41. The van der Waals surface area contributed by atoms with Gasteiger partial charge in [0.25, 0.3) is 0 Å². The number of nitrogens with zero attached hydrogens (tertiary/aromatic N) is 1. The van der Waals surface area contributed by atoms with Gasteiger partial charge in [0.1, 0.15) is 5.75 Å². The number of piperidine rings is 1. The van der Waals surface area contributed by atoms with E-state index in [0.29, 0.717) is 17.8 Å². The van der Waals surface area contributed by atoms with Crippen LogP contribution < -0.4 is 5.32 Å². The quantitative estimate of drug-likeness (QED) is 0.855. The summed E-state index contributed by atoms with van der Waals surface area (Å²) in [6.45, 7) is 4.55. The molecule has 2 atom stereocenters. The summed E-state index contributed by atoms with van der Waals surface area (Å²) in [5, 5.41) is 12.8. The lowest BCUT2D eigenvalue weighted by Crippen LogP contribution is -2.48. The predicted molar refractivity (Wildman–Crippen MR) is 74.9 cm³/mol. The van der Waals surface area contributed by atoms with E-state index in [9.17, 15) is 5.11 Å². The lowest BCUT2D eigenvalue weighted by atomic mass is 10.0. The number of likely N-dealkylation sites (N-methyl/N-ethyl adjacent to an activating group) is 1. The minimum atomic E-state index is 0.344. The molecule has 0 bridgehead atoms. The van der Waals surface area contributed by atoms with Crippen molar-refractivity contribution in [1.29, 1.82) is 0 Å². The summed E-state index contributed by atoms with van der Waals surface area (Å²) in [7, 11) is 2.22. The van der Waals surface area contributed by atoms with Gasteiger partial charge in [-0.1, -0.05) is 12.1 Å². The predicted octanol–water partition coefficient (Wildman–Crippen LogP) is 2.01. The molecule has 0 aromatic heterocycles. The molecule has 1 heterocycles. The zero-order valence-electron chi connectivity index (χ0n) is 11.4. The van der Waals surface area contributed by atoms with Gasteiger partial charge in [-0.15, -0.1) is 0 Å². The first-order valence-electron chi connectivity index (χ1n) is 6.87. The third-order valence-electron chi connectivity index (χ3n) is 4.01. The molecule has 2 N–H and O–H groups in total. The van der Waals surface area contributed by atoms with E-state index in [1.165, 1.54) is 18.4 Å². The van der Waals surface area contributed by atoms with Crippen molar-refractivity contribution in [2.24, 2.45) is 0 Å². The fraction of sp³-hybridized carbons (Fsp3) is 0.600. The van der Waals surface area contributed by atoms with Gasteiger partial charge in [0.05, 0.1) is 0 Å². The highest BCUT2D eigenvalue weighted by Gasteiger charge is 2.21. The lowest BCUT2D eigenvalue weighted by molar-refractivity contribution is 0.155. The Hall–Kier alpha value is -1.06. The minimum absolute atomic E-state index is 0.344. The van der Waals surface area contributed by atoms with Crippen molar-refractivity contribution in [2.45, 2.75) is 38.3 Å². The normalized spacial score (nSPS) is 22.1. The maximum Gasteiger partial charge on any atom is 0.115 e. The van der Waals surface area contributed by atoms with Crippen molar-refractivity contribution >= 4 is 0 Å². The van der Waals surface area contributed by atoms with Crippen LogP contribution in [0.2, 0.25) is 0 Å². The molecular weight excluding hydrogens is 224 g/mol. The van der Waals surface area contributed by atoms with Gasteiger partial charge in [0.2, 0.25) is 0 Å². The molecule has 1 saturated heterocycles. The van der Waals surface area contributed by atoms with E-state index < -0.39 is 0 Å². The van der Waals surface area contributed by atoms with Crippen LogP contribution in [0.5, 0.6) is 5.75 Å². The number of rotatable bonds is 4. The number of phenols is 1. The molecule has 3 nitrogen and oxygen atoms in total. The summed E-state index contributed by atoms with van der Waals surface area (Å²) in [5.41, 5.74) is 1.29. The van der Waals surface area contributed by atoms with E-state index in [4.69, 9.17) is 0 Å². The molecule has 1 aromatic rings. The SMILES string of the molecule is CC(Cc1ccc(O)cc1)N(C)C1CCCNC1. The van der Waals surface area contributed by atoms with Gasteiger partial charge < -0.3 is 10.4 Å².